The van der Waals surface area contributed by atoms with Crippen molar-refractivity contribution in [2.24, 2.45) is 0 Å². The van der Waals surface area contributed by atoms with Gasteiger partial charge in [-0.15, -0.1) is 0 Å². The molecule has 110 valence electrons. The van der Waals surface area contributed by atoms with Crippen LogP contribution in [0.15, 0.2) is 0 Å². The van der Waals surface area contributed by atoms with Crippen LogP contribution < -0.4 is 4.72 Å². The van der Waals surface area contributed by atoms with Gasteiger partial charge in [0.05, 0.1) is 18.9 Å². The zero-order valence-electron chi connectivity index (χ0n) is 10.5. The van der Waals surface area contributed by atoms with Crippen molar-refractivity contribution >= 4 is 10.0 Å². The van der Waals surface area contributed by atoms with Crippen molar-refractivity contribution in [2.75, 3.05) is 45.6 Å². The zero-order chi connectivity index (χ0) is 14.2. The standard InChI is InChI=1S/C9H19F3N2O3S/c1-3-18(15,16)13-4-5-14(6-7-17-2)8-9(10,11)12/h13H,3-8H2,1-2H3. The molecular weight excluding hydrogens is 273 g/mol. The Hall–Kier alpha value is -0.380. The summed E-state index contributed by atoms with van der Waals surface area (Å²) in [5, 5.41) is 0. The fraction of sp³-hybridized carbons (Fsp3) is 1.00. The molecule has 0 aromatic rings. The van der Waals surface area contributed by atoms with E-state index in [-0.39, 0.29) is 32.0 Å². The average Bonchev–Trinajstić information content (AvgIpc) is 2.23. The number of hydrogen-bond acceptors (Lipinski definition) is 4. The molecule has 0 aliphatic heterocycles. The van der Waals surface area contributed by atoms with Gasteiger partial charge in [-0.05, 0) is 6.92 Å². The third-order valence-electron chi connectivity index (χ3n) is 2.14. The molecule has 0 aromatic carbocycles. The van der Waals surface area contributed by atoms with Crippen LogP contribution in [0.2, 0.25) is 0 Å². The van der Waals surface area contributed by atoms with Crippen molar-refractivity contribution in [1.29, 1.82) is 0 Å². The lowest BCUT2D eigenvalue weighted by molar-refractivity contribution is -0.146. The molecule has 9 heteroatoms. The first-order chi connectivity index (χ1) is 8.20. The summed E-state index contributed by atoms with van der Waals surface area (Å²) in [7, 11) is -1.97. The van der Waals surface area contributed by atoms with Crippen LogP contribution in [0.3, 0.4) is 0 Å². The first kappa shape index (κ1) is 17.6. The lowest BCUT2D eigenvalue weighted by atomic mass is 10.4. The average molecular weight is 292 g/mol. The predicted molar refractivity (Wildman–Crippen MR) is 61.8 cm³/mol. The molecule has 1 N–H and O–H groups in total. The second-order valence-corrected chi connectivity index (χ2v) is 5.78. The quantitative estimate of drug-likeness (QED) is 0.670. The number of nitrogens with zero attached hydrogens (tertiary/aromatic N) is 1. The third-order valence-corrected chi connectivity index (χ3v) is 3.55. The number of ether oxygens (including phenoxy) is 1. The van der Waals surface area contributed by atoms with Gasteiger partial charge in [-0.25, -0.2) is 13.1 Å². The highest BCUT2D eigenvalue weighted by Gasteiger charge is 2.30. The monoisotopic (exact) mass is 292 g/mol. The molecule has 0 aromatic heterocycles. The maximum absolute atomic E-state index is 12.2. The van der Waals surface area contributed by atoms with E-state index in [0.717, 1.165) is 4.90 Å². The van der Waals surface area contributed by atoms with E-state index in [1.165, 1.54) is 14.0 Å². The van der Waals surface area contributed by atoms with Gasteiger partial charge in [-0.3, -0.25) is 4.90 Å². The molecular formula is C9H19F3N2O3S. The molecule has 0 spiro atoms. The number of methoxy groups -OCH3 is 1. The molecule has 0 heterocycles. The van der Waals surface area contributed by atoms with Crippen molar-refractivity contribution < 1.29 is 26.3 Å². The van der Waals surface area contributed by atoms with E-state index in [9.17, 15) is 21.6 Å². The fourth-order valence-electron chi connectivity index (χ4n) is 1.21. The number of alkyl halides is 3. The second kappa shape index (κ2) is 7.93. The van der Waals surface area contributed by atoms with Crippen molar-refractivity contribution in [2.45, 2.75) is 13.1 Å². The number of rotatable bonds is 9. The molecule has 0 saturated carbocycles. The van der Waals surface area contributed by atoms with Crippen LogP contribution in [0.5, 0.6) is 0 Å². The number of halogens is 3. The lowest BCUT2D eigenvalue weighted by Crippen LogP contribution is -2.41. The van der Waals surface area contributed by atoms with E-state index in [1.54, 1.807) is 0 Å². The zero-order valence-corrected chi connectivity index (χ0v) is 11.3. The smallest absolute Gasteiger partial charge is 0.383 e. The Morgan fingerprint density at radius 1 is 1.28 bits per heavy atom. The highest BCUT2D eigenvalue weighted by molar-refractivity contribution is 7.89. The predicted octanol–water partition coefficient (Wildman–Crippen LogP) is 0.436. The van der Waals surface area contributed by atoms with Crippen molar-refractivity contribution in [1.82, 2.24) is 9.62 Å². The summed E-state index contributed by atoms with van der Waals surface area (Å²) in [4.78, 5) is 1.10. The Kier molecular flexibility index (Phi) is 7.76. The number of nitrogens with one attached hydrogen (secondary N) is 1. The van der Waals surface area contributed by atoms with Gasteiger partial charge in [0.1, 0.15) is 0 Å². The first-order valence-corrected chi connectivity index (χ1v) is 7.11. The van der Waals surface area contributed by atoms with Gasteiger partial charge in [-0.1, -0.05) is 0 Å². The maximum Gasteiger partial charge on any atom is 0.401 e. The minimum atomic E-state index is -4.31. The number of hydrogen-bond donors (Lipinski definition) is 1. The molecule has 0 rings (SSSR count). The molecule has 5 nitrogen and oxygen atoms in total. The van der Waals surface area contributed by atoms with Gasteiger partial charge in [0.15, 0.2) is 0 Å². The molecule has 18 heavy (non-hydrogen) atoms. The van der Waals surface area contributed by atoms with Crippen LogP contribution in [0.4, 0.5) is 13.2 Å². The molecule has 0 atom stereocenters. The Labute approximate surface area is 105 Å². The maximum atomic E-state index is 12.2. The molecule has 0 radical (unpaired) electrons. The van der Waals surface area contributed by atoms with E-state index in [1.807, 2.05) is 0 Å². The van der Waals surface area contributed by atoms with Crippen LogP contribution in [0, 0.1) is 0 Å². The van der Waals surface area contributed by atoms with Crippen LogP contribution in [-0.2, 0) is 14.8 Å². The minimum absolute atomic E-state index is 0.0118. The van der Waals surface area contributed by atoms with Gasteiger partial charge in [0.25, 0.3) is 0 Å². The first-order valence-electron chi connectivity index (χ1n) is 5.45. The van der Waals surface area contributed by atoms with E-state index < -0.39 is 22.7 Å². The van der Waals surface area contributed by atoms with Gasteiger partial charge in [0, 0.05) is 26.7 Å². The van der Waals surface area contributed by atoms with Crippen molar-refractivity contribution in [3.8, 4) is 0 Å². The minimum Gasteiger partial charge on any atom is -0.383 e. The summed E-state index contributed by atoms with van der Waals surface area (Å²) < 4.78 is 65.9. The Morgan fingerprint density at radius 3 is 2.33 bits per heavy atom. The van der Waals surface area contributed by atoms with Gasteiger partial charge in [0.2, 0.25) is 10.0 Å². The third kappa shape index (κ3) is 9.63. The fourth-order valence-corrected chi connectivity index (χ4v) is 1.81. The van der Waals surface area contributed by atoms with Gasteiger partial charge in [-0.2, -0.15) is 13.2 Å². The highest BCUT2D eigenvalue weighted by Crippen LogP contribution is 2.15. The summed E-state index contributed by atoms with van der Waals surface area (Å²) in [6.07, 6.45) is -4.31. The molecule has 0 amide bonds. The topological polar surface area (TPSA) is 58.6 Å². The van der Waals surface area contributed by atoms with Crippen LogP contribution in [0.25, 0.3) is 0 Å². The summed E-state index contributed by atoms with van der Waals surface area (Å²) in [5.41, 5.74) is 0. The summed E-state index contributed by atoms with van der Waals surface area (Å²) in [6.45, 7) is 0.587. The Morgan fingerprint density at radius 2 is 1.89 bits per heavy atom. The van der Waals surface area contributed by atoms with Crippen LogP contribution >= 0.6 is 0 Å². The van der Waals surface area contributed by atoms with Crippen molar-refractivity contribution in [3.63, 3.8) is 0 Å². The molecule has 0 unspecified atom stereocenters. The molecule has 0 aliphatic carbocycles. The normalized spacial score (nSPS) is 13.2. The van der Waals surface area contributed by atoms with E-state index >= 15 is 0 Å². The van der Waals surface area contributed by atoms with Crippen LogP contribution in [0.1, 0.15) is 6.92 Å². The Bertz CT molecular complexity index is 320. The molecule has 0 aliphatic rings. The lowest BCUT2D eigenvalue weighted by Gasteiger charge is -2.23. The summed E-state index contributed by atoms with van der Waals surface area (Å²) >= 11 is 0. The van der Waals surface area contributed by atoms with Gasteiger partial charge < -0.3 is 4.74 Å². The largest absolute Gasteiger partial charge is 0.401 e. The van der Waals surface area contributed by atoms with Crippen molar-refractivity contribution in [3.05, 3.63) is 0 Å². The molecule has 0 bridgehead atoms. The Balaban J connectivity index is 4.16. The van der Waals surface area contributed by atoms with E-state index in [0.29, 0.717) is 0 Å². The number of sulfonamides is 1. The second-order valence-electron chi connectivity index (χ2n) is 3.68. The van der Waals surface area contributed by atoms with Gasteiger partial charge >= 0.3 is 6.18 Å². The highest BCUT2D eigenvalue weighted by atomic mass is 32.2. The van der Waals surface area contributed by atoms with E-state index in [2.05, 4.69) is 4.72 Å². The molecule has 0 fully saturated rings. The van der Waals surface area contributed by atoms with E-state index in [4.69, 9.17) is 4.74 Å². The molecule has 0 saturated heterocycles. The van der Waals surface area contributed by atoms with Crippen LogP contribution in [-0.4, -0.2) is 65.1 Å². The summed E-state index contributed by atoms with van der Waals surface area (Å²) in [6, 6.07) is 0. The summed E-state index contributed by atoms with van der Waals surface area (Å²) in [5.74, 6) is -0.0929. The SMILES string of the molecule is CCS(=O)(=O)NCCN(CCOC)CC(F)(F)F.